The highest BCUT2D eigenvalue weighted by Crippen LogP contribution is 2.01. The molecule has 4 nitrogen and oxygen atoms in total. The Labute approximate surface area is 79.0 Å². The van der Waals surface area contributed by atoms with Crippen molar-refractivity contribution in [3.8, 4) is 0 Å². The van der Waals surface area contributed by atoms with Gasteiger partial charge in [-0.2, -0.15) is 5.10 Å². The summed E-state index contributed by atoms with van der Waals surface area (Å²) in [5.41, 5.74) is 2.83. The van der Waals surface area contributed by atoms with E-state index in [1.54, 1.807) is 0 Å². The molecule has 0 spiro atoms. The van der Waals surface area contributed by atoms with E-state index < -0.39 is 5.97 Å². The van der Waals surface area contributed by atoms with Gasteiger partial charge in [0.2, 0.25) is 0 Å². The molecular weight excluding hydrogens is 168 g/mol. The minimum atomic E-state index is -0.976. The zero-order valence-electron chi connectivity index (χ0n) is 8.50. The van der Waals surface area contributed by atoms with Gasteiger partial charge < -0.3 is 10.5 Å². The summed E-state index contributed by atoms with van der Waals surface area (Å²) < 4.78 is 0. The highest BCUT2D eigenvalue weighted by molar-refractivity contribution is 6.34. The zero-order valence-corrected chi connectivity index (χ0v) is 8.50. The lowest BCUT2D eigenvalue weighted by molar-refractivity contribution is -0.129. The minimum Gasteiger partial charge on any atom is -0.477 e. The molecule has 4 heteroatoms. The third-order valence-corrected chi connectivity index (χ3v) is 1.63. The van der Waals surface area contributed by atoms with E-state index in [1.807, 2.05) is 0 Å². The number of carboxylic acid groups (broad SMARTS) is 1. The van der Waals surface area contributed by atoms with Crippen LogP contribution in [-0.2, 0) is 4.79 Å². The molecule has 13 heavy (non-hydrogen) atoms. The number of hydrogen-bond donors (Lipinski definition) is 2. The number of nitrogens with one attached hydrogen (secondary N) is 1. The van der Waals surface area contributed by atoms with E-state index in [2.05, 4.69) is 24.4 Å². The summed E-state index contributed by atoms with van der Waals surface area (Å²) in [7, 11) is 0. The van der Waals surface area contributed by atoms with Gasteiger partial charge in [0.25, 0.3) is 0 Å². The quantitative estimate of drug-likeness (QED) is 0.375. The number of nitrogens with zero attached hydrogens (tertiary/aromatic N) is 1. The molecule has 0 fully saturated rings. The summed E-state index contributed by atoms with van der Waals surface area (Å²) in [5, 5.41) is 12.1. The van der Waals surface area contributed by atoms with Crippen molar-refractivity contribution in [1.82, 2.24) is 5.43 Å². The fourth-order valence-electron chi connectivity index (χ4n) is 0.812. The molecular formula is C9H18N2O2. The molecule has 0 saturated carbocycles. The van der Waals surface area contributed by atoms with E-state index in [0.29, 0.717) is 5.92 Å². The van der Waals surface area contributed by atoms with Gasteiger partial charge >= 0.3 is 5.97 Å². The van der Waals surface area contributed by atoms with Crippen LogP contribution in [0.25, 0.3) is 0 Å². The maximum absolute atomic E-state index is 10.3. The maximum atomic E-state index is 10.3. The molecule has 0 aliphatic carbocycles. The molecule has 0 heterocycles. The van der Waals surface area contributed by atoms with Crippen LogP contribution < -0.4 is 5.43 Å². The molecule has 0 rings (SSSR count). The van der Waals surface area contributed by atoms with Gasteiger partial charge in [0.1, 0.15) is 5.71 Å². The van der Waals surface area contributed by atoms with E-state index in [4.69, 9.17) is 5.11 Å². The first kappa shape index (κ1) is 11.9. The minimum absolute atomic E-state index is 0.101. The SMILES string of the molecule is C/C(=N/NCCCC(C)C)C(=O)O. The van der Waals surface area contributed by atoms with Gasteiger partial charge in [0, 0.05) is 6.54 Å². The van der Waals surface area contributed by atoms with Crippen molar-refractivity contribution < 1.29 is 9.90 Å². The molecule has 0 saturated heterocycles. The second-order valence-corrected chi connectivity index (χ2v) is 3.45. The summed E-state index contributed by atoms with van der Waals surface area (Å²) in [6, 6.07) is 0. The van der Waals surface area contributed by atoms with Crippen LogP contribution in [0.1, 0.15) is 33.6 Å². The molecule has 0 aliphatic rings. The highest BCUT2D eigenvalue weighted by Gasteiger charge is 1.99. The summed E-state index contributed by atoms with van der Waals surface area (Å²) in [6.07, 6.45) is 2.16. The molecule has 2 N–H and O–H groups in total. The Morgan fingerprint density at radius 3 is 2.62 bits per heavy atom. The van der Waals surface area contributed by atoms with Crippen molar-refractivity contribution in [3.05, 3.63) is 0 Å². The Kier molecular flexibility index (Phi) is 5.93. The number of hydrazone groups is 1. The van der Waals surface area contributed by atoms with Crippen LogP contribution in [0.15, 0.2) is 5.10 Å². The molecule has 0 unspecified atom stereocenters. The molecule has 0 atom stereocenters. The van der Waals surface area contributed by atoms with E-state index in [1.165, 1.54) is 6.92 Å². The van der Waals surface area contributed by atoms with Crippen molar-refractivity contribution in [2.24, 2.45) is 11.0 Å². The van der Waals surface area contributed by atoms with Crippen LogP contribution in [0.2, 0.25) is 0 Å². The molecule has 0 bridgehead atoms. The average molecular weight is 186 g/mol. The third-order valence-electron chi connectivity index (χ3n) is 1.63. The molecule has 0 aromatic carbocycles. The largest absolute Gasteiger partial charge is 0.477 e. The van der Waals surface area contributed by atoms with Crippen molar-refractivity contribution in [1.29, 1.82) is 0 Å². The topological polar surface area (TPSA) is 61.7 Å². The normalized spacial score (nSPS) is 11.8. The number of carboxylic acids is 1. The fourth-order valence-corrected chi connectivity index (χ4v) is 0.812. The van der Waals surface area contributed by atoms with E-state index in [0.717, 1.165) is 19.4 Å². The second kappa shape index (κ2) is 6.46. The fraction of sp³-hybridized carbons (Fsp3) is 0.778. The predicted octanol–water partition coefficient (Wildman–Crippen LogP) is 1.47. The summed E-state index contributed by atoms with van der Waals surface area (Å²) in [4.78, 5) is 10.3. The van der Waals surface area contributed by atoms with E-state index >= 15 is 0 Å². The van der Waals surface area contributed by atoms with Gasteiger partial charge in [0.15, 0.2) is 0 Å². The lowest BCUT2D eigenvalue weighted by atomic mass is 10.1. The smallest absolute Gasteiger partial charge is 0.351 e. The monoisotopic (exact) mass is 186 g/mol. The Morgan fingerprint density at radius 2 is 2.15 bits per heavy atom. The summed E-state index contributed by atoms with van der Waals surface area (Å²) in [6.45, 7) is 6.53. The molecule has 0 aliphatic heterocycles. The van der Waals surface area contributed by atoms with Crippen LogP contribution in [0.4, 0.5) is 0 Å². The second-order valence-electron chi connectivity index (χ2n) is 3.45. The Morgan fingerprint density at radius 1 is 1.54 bits per heavy atom. The first-order valence-corrected chi connectivity index (χ1v) is 4.54. The molecule has 0 aromatic heterocycles. The predicted molar refractivity (Wildman–Crippen MR) is 52.8 cm³/mol. The number of aliphatic carboxylic acids is 1. The average Bonchev–Trinajstić information content (AvgIpc) is 2.02. The van der Waals surface area contributed by atoms with Crippen LogP contribution in [0.5, 0.6) is 0 Å². The van der Waals surface area contributed by atoms with Crippen molar-refractivity contribution in [3.63, 3.8) is 0 Å². The molecule has 76 valence electrons. The van der Waals surface area contributed by atoms with Crippen molar-refractivity contribution in [2.45, 2.75) is 33.6 Å². The lowest BCUT2D eigenvalue weighted by Crippen LogP contribution is -2.16. The standard InChI is InChI=1S/C9H18N2O2/c1-7(2)5-4-6-10-11-8(3)9(12)13/h7,10H,4-6H2,1-3H3,(H,12,13)/b11-8-. The number of hydrogen-bond acceptors (Lipinski definition) is 3. The van der Waals surface area contributed by atoms with Gasteiger partial charge in [-0.15, -0.1) is 0 Å². The van der Waals surface area contributed by atoms with Gasteiger partial charge in [-0.05, 0) is 25.7 Å². The van der Waals surface area contributed by atoms with Crippen LogP contribution >= 0.6 is 0 Å². The summed E-state index contributed by atoms with van der Waals surface area (Å²) in [5.74, 6) is -0.289. The number of rotatable bonds is 6. The summed E-state index contributed by atoms with van der Waals surface area (Å²) >= 11 is 0. The maximum Gasteiger partial charge on any atom is 0.351 e. The Bertz CT molecular complexity index is 188. The Balaban J connectivity index is 3.45. The van der Waals surface area contributed by atoms with Gasteiger partial charge in [-0.25, -0.2) is 4.79 Å². The van der Waals surface area contributed by atoms with E-state index in [-0.39, 0.29) is 5.71 Å². The Hall–Kier alpha value is -1.06. The molecule has 0 radical (unpaired) electrons. The van der Waals surface area contributed by atoms with Crippen LogP contribution in [0, 0.1) is 5.92 Å². The van der Waals surface area contributed by atoms with Gasteiger partial charge in [0.05, 0.1) is 0 Å². The molecule has 0 amide bonds. The first-order valence-electron chi connectivity index (χ1n) is 4.54. The van der Waals surface area contributed by atoms with Crippen molar-refractivity contribution >= 4 is 11.7 Å². The van der Waals surface area contributed by atoms with Crippen LogP contribution in [-0.4, -0.2) is 23.3 Å². The van der Waals surface area contributed by atoms with Crippen molar-refractivity contribution in [2.75, 3.05) is 6.54 Å². The third kappa shape index (κ3) is 7.31. The lowest BCUT2D eigenvalue weighted by Gasteiger charge is -2.03. The van der Waals surface area contributed by atoms with E-state index in [9.17, 15) is 4.79 Å². The first-order chi connectivity index (χ1) is 6.04. The number of carbonyl (C=O) groups is 1. The van der Waals surface area contributed by atoms with Gasteiger partial charge in [-0.1, -0.05) is 13.8 Å². The van der Waals surface area contributed by atoms with Gasteiger partial charge in [-0.3, -0.25) is 0 Å². The zero-order chi connectivity index (χ0) is 10.3. The highest BCUT2D eigenvalue weighted by atomic mass is 16.4. The van der Waals surface area contributed by atoms with Crippen LogP contribution in [0.3, 0.4) is 0 Å². The molecule has 0 aromatic rings.